The van der Waals surface area contributed by atoms with Gasteiger partial charge in [0.25, 0.3) is 0 Å². The summed E-state index contributed by atoms with van der Waals surface area (Å²) in [6.45, 7) is 3.78. The summed E-state index contributed by atoms with van der Waals surface area (Å²) in [5, 5.41) is 17.2. The maximum atomic E-state index is 11.1. The molecule has 2 aromatic heterocycles. The number of carbonyl (C=O) groups is 1. The van der Waals surface area contributed by atoms with Crippen molar-refractivity contribution in [2.24, 2.45) is 18.4 Å². The van der Waals surface area contributed by atoms with Crippen LogP contribution in [0.1, 0.15) is 25.7 Å². The number of aliphatic carboxylic acids is 1. The van der Waals surface area contributed by atoms with E-state index in [0.29, 0.717) is 17.4 Å². The van der Waals surface area contributed by atoms with E-state index in [4.69, 9.17) is 9.63 Å². The zero-order chi connectivity index (χ0) is 13.8. The largest absolute Gasteiger partial charge is 0.481 e. The van der Waals surface area contributed by atoms with Gasteiger partial charge in [0.1, 0.15) is 5.69 Å². The molecule has 2 heterocycles. The van der Waals surface area contributed by atoms with Crippen LogP contribution >= 0.6 is 0 Å². The summed E-state index contributed by atoms with van der Waals surface area (Å²) in [7, 11) is 1.80. The Bertz CT molecular complexity index is 643. The highest BCUT2D eigenvalue weighted by molar-refractivity contribution is 5.77. The maximum absolute atomic E-state index is 11.1. The minimum atomic E-state index is -0.826. The third-order valence-corrected chi connectivity index (χ3v) is 3.74. The summed E-state index contributed by atoms with van der Waals surface area (Å²) in [4.78, 5) is 15.4. The van der Waals surface area contributed by atoms with Gasteiger partial charge < -0.3 is 9.63 Å². The third kappa shape index (κ3) is 1.73. The van der Waals surface area contributed by atoms with Crippen LogP contribution in [0.2, 0.25) is 0 Å². The molecule has 0 radical (unpaired) electrons. The van der Waals surface area contributed by atoms with Crippen LogP contribution in [-0.4, -0.2) is 31.0 Å². The predicted octanol–water partition coefficient (Wildman–Crippen LogP) is 1.29. The molecule has 3 rings (SSSR count). The summed E-state index contributed by atoms with van der Waals surface area (Å²) >= 11 is 0. The molecule has 0 aromatic carbocycles. The third-order valence-electron chi connectivity index (χ3n) is 3.74. The Morgan fingerprint density at radius 3 is 2.79 bits per heavy atom. The molecule has 1 fully saturated rings. The van der Waals surface area contributed by atoms with Crippen LogP contribution in [0.5, 0.6) is 0 Å². The van der Waals surface area contributed by atoms with E-state index < -0.39 is 11.9 Å². The lowest BCUT2D eigenvalue weighted by molar-refractivity contribution is -0.139. The van der Waals surface area contributed by atoms with Crippen LogP contribution in [0.4, 0.5) is 0 Å². The van der Waals surface area contributed by atoms with Gasteiger partial charge in [-0.15, -0.1) is 0 Å². The van der Waals surface area contributed by atoms with Crippen molar-refractivity contribution in [3.8, 4) is 11.5 Å². The van der Waals surface area contributed by atoms with Gasteiger partial charge in [0.2, 0.25) is 11.7 Å². The van der Waals surface area contributed by atoms with E-state index >= 15 is 0 Å². The van der Waals surface area contributed by atoms with Crippen molar-refractivity contribution >= 4 is 5.97 Å². The maximum Gasteiger partial charge on any atom is 0.307 e. The molecule has 0 amide bonds. The lowest BCUT2D eigenvalue weighted by atomic mass is 10.1. The normalized spacial score (nSPS) is 24.4. The monoisotopic (exact) mass is 262 g/mol. The van der Waals surface area contributed by atoms with Crippen LogP contribution in [0.25, 0.3) is 11.5 Å². The zero-order valence-corrected chi connectivity index (χ0v) is 10.9. The van der Waals surface area contributed by atoms with Crippen molar-refractivity contribution < 1.29 is 14.4 Å². The molecule has 0 saturated heterocycles. The molecule has 1 N–H and O–H groups in total. The van der Waals surface area contributed by atoms with Crippen molar-refractivity contribution in [2.75, 3.05) is 0 Å². The highest BCUT2D eigenvalue weighted by atomic mass is 16.5. The van der Waals surface area contributed by atoms with E-state index in [2.05, 4.69) is 15.2 Å². The van der Waals surface area contributed by atoms with Crippen LogP contribution < -0.4 is 0 Å². The number of nitrogens with zero attached hydrogens (tertiary/aromatic N) is 4. The molecule has 2 aromatic rings. The molecule has 7 nitrogen and oxygen atoms in total. The van der Waals surface area contributed by atoms with Gasteiger partial charge in [-0.05, 0) is 11.5 Å². The average molecular weight is 262 g/mol. The summed E-state index contributed by atoms with van der Waals surface area (Å²) in [6.07, 6.45) is 1.78. The molecule has 1 saturated carbocycles. The lowest BCUT2D eigenvalue weighted by Crippen LogP contribution is -2.03. The highest BCUT2D eigenvalue weighted by Gasteiger charge is 2.65. The fraction of sp³-hybridized carbons (Fsp3) is 0.500. The molecule has 0 bridgehead atoms. The lowest BCUT2D eigenvalue weighted by Gasteiger charge is -1.96. The zero-order valence-electron chi connectivity index (χ0n) is 10.9. The van der Waals surface area contributed by atoms with Crippen LogP contribution in [0, 0.1) is 11.3 Å². The Morgan fingerprint density at radius 1 is 1.53 bits per heavy atom. The topological polar surface area (TPSA) is 94.0 Å². The van der Waals surface area contributed by atoms with Gasteiger partial charge in [-0.2, -0.15) is 10.1 Å². The van der Waals surface area contributed by atoms with Gasteiger partial charge in [0, 0.05) is 13.2 Å². The van der Waals surface area contributed by atoms with E-state index in [9.17, 15) is 4.79 Å². The Balaban J connectivity index is 1.89. The molecule has 1 aliphatic rings. The second kappa shape index (κ2) is 3.66. The molecule has 100 valence electrons. The van der Waals surface area contributed by atoms with E-state index in [1.54, 1.807) is 24.0 Å². The van der Waals surface area contributed by atoms with Crippen molar-refractivity contribution in [1.29, 1.82) is 0 Å². The fourth-order valence-corrected chi connectivity index (χ4v) is 2.56. The van der Waals surface area contributed by atoms with Crippen LogP contribution in [-0.2, 0) is 11.8 Å². The number of carboxylic acids is 1. The van der Waals surface area contributed by atoms with Crippen molar-refractivity contribution in [3.63, 3.8) is 0 Å². The van der Waals surface area contributed by atoms with Crippen molar-refractivity contribution in [2.45, 2.75) is 19.8 Å². The first-order valence-corrected chi connectivity index (χ1v) is 5.97. The van der Waals surface area contributed by atoms with Gasteiger partial charge in [-0.1, -0.05) is 19.0 Å². The number of aromatic nitrogens is 4. The van der Waals surface area contributed by atoms with Gasteiger partial charge in [0.15, 0.2) is 0 Å². The first-order valence-electron chi connectivity index (χ1n) is 5.97. The summed E-state index contributed by atoms with van der Waals surface area (Å²) < 4.78 is 6.84. The van der Waals surface area contributed by atoms with E-state index in [-0.39, 0.29) is 11.3 Å². The van der Waals surface area contributed by atoms with Gasteiger partial charge in [-0.25, -0.2) is 0 Å². The fourth-order valence-electron chi connectivity index (χ4n) is 2.56. The molecular weight excluding hydrogens is 248 g/mol. The number of carboxylic acid groups (broad SMARTS) is 1. The minimum absolute atomic E-state index is 0.227. The second-order valence-corrected chi connectivity index (χ2v) is 5.45. The highest BCUT2D eigenvalue weighted by Crippen LogP contribution is 2.64. The number of hydrogen-bond donors (Lipinski definition) is 1. The SMILES string of the molecule is Cn1ccc(-c2noc(C3C(C(=O)O)C3(C)C)n2)n1. The Hall–Kier alpha value is -2.18. The van der Waals surface area contributed by atoms with Crippen LogP contribution in [0.15, 0.2) is 16.8 Å². The van der Waals surface area contributed by atoms with Gasteiger partial charge in [-0.3, -0.25) is 9.48 Å². The molecule has 0 spiro atoms. The summed E-state index contributed by atoms with van der Waals surface area (Å²) in [5.41, 5.74) is 0.266. The molecule has 19 heavy (non-hydrogen) atoms. The predicted molar refractivity (Wildman–Crippen MR) is 64.1 cm³/mol. The average Bonchev–Trinajstić information content (AvgIpc) is 2.76. The van der Waals surface area contributed by atoms with Crippen LogP contribution in [0.3, 0.4) is 0 Å². The Labute approximate surface area is 109 Å². The molecular formula is C12H14N4O3. The quantitative estimate of drug-likeness (QED) is 0.895. The molecule has 0 aliphatic heterocycles. The number of aryl methyl sites for hydroxylation is 1. The summed E-state index contributed by atoms with van der Waals surface area (Å²) in [6, 6.07) is 1.78. The summed E-state index contributed by atoms with van der Waals surface area (Å²) in [5.74, 6) is -0.757. The van der Waals surface area contributed by atoms with Gasteiger partial charge >= 0.3 is 5.97 Å². The smallest absolute Gasteiger partial charge is 0.307 e. The Kier molecular flexibility index (Phi) is 2.29. The Morgan fingerprint density at radius 2 is 2.26 bits per heavy atom. The standard InChI is InChI=1S/C12H14N4O3/c1-12(2)7(8(12)11(17)18)10-13-9(15-19-10)6-4-5-16(3)14-6/h4-5,7-8H,1-3H3,(H,17,18). The molecule has 2 unspecified atom stereocenters. The number of rotatable bonds is 3. The van der Waals surface area contributed by atoms with E-state index in [1.807, 2.05) is 13.8 Å². The second-order valence-electron chi connectivity index (χ2n) is 5.45. The minimum Gasteiger partial charge on any atom is -0.481 e. The first-order chi connectivity index (χ1) is 8.91. The molecule has 2 atom stereocenters. The van der Waals surface area contributed by atoms with E-state index in [1.165, 1.54) is 0 Å². The molecule has 1 aliphatic carbocycles. The van der Waals surface area contributed by atoms with Crippen molar-refractivity contribution in [1.82, 2.24) is 19.9 Å². The van der Waals surface area contributed by atoms with Gasteiger partial charge in [0.05, 0.1) is 11.8 Å². The first kappa shape index (κ1) is 11.9. The number of hydrogen-bond acceptors (Lipinski definition) is 5. The van der Waals surface area contributed by atoms with E-state index in [0.717, 1.165) is 0 Å². The van der Waals surface area contributed by atoms with Crippen molar-refractivity contribution in [3.05, 3.63) is 18.2 Å². The molecule has 7 heteroatoms.